The highest BCUT2D eigenvalue weighted by atomic mass is 32.1. The van der Waals surface area contributed by atoms with E-state index in [4.69, 9.17) is 4.74 Å². The predicted molar refractivity (Wildman–Crippen MR) is 90.2 cm³/mol. The lowest BCUT2D eigenvalue weighted by Crippen LogP contribution is -2.16. The summed E-state index contributed by atoms with van der Waals surface area (Å²) in [5, 5.41) is 8.91. The Morgan fingerprint density at radius 3 is 2.83 bits per heavy atom. The van der Waals surface area contributed by atoms with Crippen LogP contribution in [0.1, 0.15) is 24.6 Å². The van der Waals surface area contributed by atoms with Crippen molar-refractivity contribution in [3.8, 4) is 5.75 Å². The molecule has 0 spiro atoms. The minimum atomic E-state index is -0.161. The molecule has 23 heavy (non-hydrogen) atoms. The Labute approximate surface area is 138 Å². The lowest BCUT2D eigenvalue weighted by atomic mass is 10.2. The number of nitrogens with zero attached hydrogens (tertiary/aromatic N) is 3. The Balaban J connectivity index is 1.48. The summed E-state index contributed by atoms with van der Waals surface area (Å²) in [7, 11) is 0. The van der Waals surface area contributed by atoms with E-state index in [0.29, 0.717) is 12.6 Å². The first kappa shape index (κ1) is 15.5. The molecule has 6 nitrogen and oxygen atoms in total. The number of ether oxygens (including phenoxy) is 1. The third-order valence-corrected chi connectivity index (χ3v) is 4.36. The number of nitrogens with one attached hydrogen (secondary N) is 1. The second-order valence-corrected chi connectivity index (χ2v) is 5.99. The molecule has 3 aromatic rings. The average Bonchev–Trinajstić information content (AvgIpc) is 3.10. The summed E-state index contributed by atoms with van der Waals surface area (Å²) in [5.74, 6) is 0.939. The van der Waals surface area contributed by atoms with Crippen LogP contribution in [0.2, 0.25) is 0 Å². The molecule has 0 atom stereocenters. The minimum absolute atomic E-state index is 0.161. The molecule has 7 heteroatoms. The summed E-state index contributed by atoms with van der Waals surface area (Å²) in [6, 6.07) is 7.90. The zero-order valence-electron chi connectivity index (χ0n) is 13.1. The second kappa shape index (κ2) is 6.78. The summed E-state index contributed by atoms with van der Waals surface area (Å²) in [5.41, 5.74) is 2.26. The van der Waals surface area contributed by atoms with Gasteiger partial charge in [0.15, 0.2) is 0 Å². The van der Waals surface area contributed by atoms with Crippen molar-refractivity contribution in [3.63, 3.8) is 0 Å². The van der Waals surface area contributed by atoms with Crippen molar-refractivity contribution in [2.75, 3.05) is 11.9 Å². The van der Waals surface area contributed by atoms with E-state index in [-0.39, 0.29) is 12.3 Å². The van der Waals surface area contributed by atoms with Crippen LogP contribution in [0.25, 0.3) is 4.96 Å². The molecule has 0 aliphatic carbocycles. The summed E-state index contributed by atoms with van der Waals surface area (Å²) < 4.78 is 7.29. The number of thiazole rings is 1. The van der Waals surface area contributed by atoms with Crippen LogP contribution in [0.4, 0.5) is 5.95 Å². The highest BCUT2D eigenvalue weighted by molar-refractivity contribution is 7.15. The predicted octanol–water partition coefficient (Wildman–Crippen LogP) is 3.07. The molecule has 120 valence electrons. The monoisotopic (exact) mass is 330 g/mol. The van der Waals surface area contributed by atoms with Gasteiger partial charge in [0.05, 0.1) is 18.7 Å². The Bertz CT molecular complexity index is 807. The van der Waals surface area contributed by atoms with E-state index < -0.39 is 0 Å². The first-order valence-electron chi connectivity index (χ1n) is 7.48. The number of carbonyl (C=O) groups excluding carboxylic acids is 1. The number of anilines is 1. The van der Waals surface area contributed by atoms with Crippen LogP contribution in [0.3, 0.4) is 0 Å². The van der Waals surface area contributed by atoms with Gasteiger partial charge in [-0.15, -0.1) is 16.4 Å². The summed E-state index contributed by atoms with van der Waals surface area (Å²) >= 11 is 1.49. The van der Waals surface area contributed by atoms with Crippen LogP contribution in [0.15, 0.2) is 29.6 Å². The SMILES string of the molecule is CCc1ccc(OCCC(=O)Nc2nc3scc(C)n3n2)cc1. The van der Waals surface area contributed by atoms with E-state index >= 15 is 0 Å². The average molecular weight is 330 g/mol. The Hall–Kier alpha value is -2.41. The molecule has 0 radical (unpaired) electrons. The molecule has 0 bridgehead atoms. The quantitative estimate of drug-likeness (QED) is 0.754. The van der Waals surface area contributed by atoms with Crippen LogP contribution in [-0.4, -0.2) is 27.1 Å². The van der Waals surface area contributed by atoms with Gasteiger partial charge in [0.2, 0.25) is 16.8 Å². The first-order valence-corrected chi connectivity index (χ1v) is 8.36. The van der Waals surface area contributed by atoms with Crippen molar-refractivity contribution in [2.45, 2.75) is 26.7 Å². The Morgan fingerprint density at radius 1 is 1.35 bits per heavy atom. The number of rotatable bonds is 6. The summed E-state index contributed by atoms with van der Waals surface area (Å²) in [6.07, 6.45) is 1.25. The Kier molecular flexibility index (Phi) is 4.57. The smallest absolute Gasteiger partial charge is 0.250 e. The largest absolute Gasteiger partial charge is 0.493 e. The van der Waals surface area contributed by atoms with E-state index in [9.17, 15) is 4.79 Å². The fraction of sp³-hybridized carbons (Fsp3) is 0.312. The van der Waals surface area contributed by atoms with Crippen molar-refractivity contribution >= 4 is 28.2 Å². The van der Waals surface area contributed by atoms with Crippen molar-refractivity contribution in [1.29, 1.82) is 0 Å². The molecule has 1 aromatic carbocycles. The van der Waals surface area contributed by atoms with E-state index in [1.54, 1.807) is 4.52 Å². The molecule has 1 amide bonds. The lowest BCUT2D eigenvalue weighted by molar-refractivity contribution is -0.116. The molecular formula is C16H18N4O2S. The highest BCUT2D eigenvalue weighted by Gasteiger charge is 2.10. The minimum Gasteiger partial charge on any atom is -0.493 e. The summed E-state index contributed by atoms with van der Waals surface area (Å²) in [6.45, 7) is 4.37. The first-order chi connectivity index (χ1) is 11.2. The molecule has 0 saturated carbocycles. The van der Waals surface area contributed by atoms with Gasteiger partial charge in [0.25, 0.3) is 0 Å². The zero-order valence-corrected chi connectivity index (χ0v) is 13.9. The molecule has 2 heterocycles. The number of hydrogen-bond acceptors (Lipinski definition) is 5. The topological polar surface area (TPSA) is 68.5 Å². The van der Waals surface area contributed by atoms with Crippen LogP contribution >= 0.6 is 11.3 Å². The molecule has 0 unspecified atom stereocenters. The molecular weight excluding hydrogens is 312 g/mol. The van der Waals surface area contributed by atoms with Crippen LogP contribution < -0.4 is 10.1 Å². The van der Waals surface area contributed by atoms with Gasteiger partial charge in [-0.2, -0.15) is 4.98 Å². The second-order valence-electron chi connectivity index (χ2n) is 5.15. The van der Waals surface area contributed by atoms with E-state index in [1.807, 2.05) is 36.6 Å². The van der Waals surface area contributed by atoms with E-state index in [1.165, 1.54) is 16.9 Å². The number of hydrogen-bond donors (Lipinski definition) is 1. The van der Waals surface area contributed by atoms with Gasteiger partial charge in [-0.3, -0.25) is 10.1 Å². The zero-order chi connectivity index (χ0) is 16.2. The number of carbonyl (C=O) groups is 1. The van der Waals surface area contributed by atoms with Gasteiger partial charge >= 0.3 is 0 Å². The van der Waals surface area contributed by atoms with Crippen LogP contribution in [0.5, 0.6) is 5.75 Å². The number of aromatic nitrogens is 3. The summed E-state index contributed by atoms with van der Waals surface area (Å²) in [4.78, 5) is 16.9. The maximum Gasteiger partial charge on any atom is 0.250 e. The van der Waals surface area contributed by atoms with Gasteiger partial charge in [0.1, 0.15) is 5.75 Å². The maximum atomic E-state index is 11.9. The van der Waals surface area contributed by atoms with Crippen molar-refractivity contribution < 1.29 is 9.53 Å². The molecule has 0 aliphatic heterocycles. The third kappa shape index (κ3) is 3.68. The lowest BCUT2D eigenvalue weighted by Gasteiger charge is -2.06. The van der Waals surface area contributed by atoms with E-state index in [2.05, 4.69) is 22.3 Å². The number of benzene rings is 1. The molecule has 0 aliphatic rings. The molecule has 0 fully saturated rings. The number of amides is 1. The Morgan fingerprint density at radius 2 is 2.13 bits per heavy atom. The fourth-order valence-corrected chi connectivity index (χ4v) is 2.91. The maximum absolute atomic E-state index is 11.9. The van der Waals surface area contributed by atoms with Gasteiger partial charge in [0, 0.05) is 5.38 Å². The van der Waals surface area contributed by atoms with Gasteiger partial charge in [-0.05, 0) is 31.0 Å². The standard InChI is InChI=1S/C16H18N4O2S/c1-3-12-4-6-13(7-5-12)22-9-8-14(21)17-15-18-16-20(19-15)11(2)10-23-16/h4-7,10H,3,8-9H2,1-2H3,(H,17,19,21). The van der Waals surface area contributed by atoms with Gasteiger partial charge in [-0.25, -0.2) is 4.52 Å². The van der Waals surface area contributed by atoms with Crippen LogP contribution in [0, 0.1) is 6.92 Å². The molecule has 1 N–H and O–H groups in total. The number of fused-ring (bicyclic) bond motifs is 1. The molecule has 3 rings (SSSR count). The molecule has 0 saturated heterocycles. The third-order valence-electron chi connectivity index (χ3n) is 3.43. The molecule has 2 aromatic heterocycles. The highest BCUT2D eigenvalue weighted by Crippen LogP contribution is 2.15. The van der Waals surface area contributed by atoms with Gasteiger partial charge in [-0.1, -0.05) is 19.1 Å². The van der Waals surface area contributed by atoms with Crippen LogP contribution in [-0.2, 0) is 11.2 Å². The van der Waals surface area contributed by atoms with Crippen molar-refractivity contribution in [2.24, 2.45) is 0 Å². The van der Waals surface area contributed by atoms with Gasteiger partial charge < -0.3 is 4.74 Å². The van der Waals surface area contributed by atoms with E-state index in [0.717, 1.165) is 22.8 Å². The fourth-order valence-electron chi connectivity index (χ4n) is 2.11. The van der Waals surface area contributed by atoms with Crippen molar-refractivity contribution in [1.82, 2.24) is 14.6 Å². The number of aryl methyl sites for hydroxylation is 2. The van der Waals surface area contributed by atoms with Crippen molar-refractivity contribution in [3.05, 3.63) is 40.9 Å². The normalized spacial score (nSPS) is 10.9.